The molecule has 0 aliphatic carbocycles. The van der Waals surface area contributed by atoms with Crippen molar-refractivity contribution in [2.24, 2.45) is 0 Å². The minimum Gasteiger partial charge on any atom is -0.378 e. The fourth-order valence-corrected chi connectivity index (χ4v) is 4.86. The highest BCUT2D eigenvalue weighted by atomic mass is 35.5. The van der Waals surface area contributed by atoms with Crippen LogP contribution in [0.25, 0.3) is 11.3 Å². The summed E-state index contributed by atoms with van der Waals surface area (Å²) in [5.41, 5.74) is 5.66. The van der Waals surface area contributed by atoms with E-state index in [4.69, 9.17) is 0 Å². The molecule has 0 saturated heterocycles. The van der Waals surface area contributed by atoms with Gasteiger partial charge in [0.1, 0.15) is 5.82 Å². The lowest BCUT2D eigenvalue weighted by molar-refractivity contribution is -0.118. The summed E-state index contributed by atoms with van der Waals surface area (Å²) in [6, 6.07) is 17.2. The number of para-hydroxylation sites is 1. The summed E-state index contributed by atoms with van der Waals surface area (Å²) in [5, 5.41) is 7.08. The number of aromatic nitrogens is 2. The maximum atomic E-state index is 12.6. The summed E-state index contributed by atoms with van der Waals surface area (Å²) in [4.78, 5) is 19.1. The van der Waals surface area contributed by atoms with Crippen LogP contribution in [0.4, 0.5) is 11.4 Å². The van der Waals surface area contributed by atoms with E-state index < -0.39 is 0 Å². The number of carbonyl (C=O) groups excluding carboxylic acids is 1. The first kappa shape index (κ1) is 22.4. The van der Waals surface area contributed by atoms with Gasteiger partial charge >= 0.3 is 0 Å². The summed E-state index contributed by atoms with van der Waals surface area (Å²) in [6.45, 7) is 6.83. The number of amides is 1. The second-order valence-corrected chi connectivity index (χ2v) is 8.42. The maximum absolute atomic E-state index is 12.6. The molecule has 0 radical (unpaired) electrons. The monoisotopic (exact) mass is 451 g/mol. The molecule has 0 fully saturated rings. The Morgan fingerprint density at radius 1 is 1.19 bits per heavy atom. The van der Waals surface area contributed by atoms with Crippen LogP contribution in [-0.4, -0.2) is 28.0 Å². The molecule has 2 aromatic carbocycles. The highest BCUT2D eigenvalue weighted by Crippen LogP contribution is 2.39. The Labute approximate surface area is 195 Å². The zero-order chi connectivity index (χ0) is 21.4. The summed E-state index contributed by atoms with van der Waals surface area (Å²) in [6.07, 6.45) is 3.38. The lowest BCUT2D eigenvalue weighted by Crippen LogP contribution is -2.44. The van der Waals surface area contributed by atoms with Crippen LogP contribution in [0.3, 0.4) is 0 Å². The fourth-order valence-electron chi connectivity index (χ4n) is 4.86. The van der Waals surface area contributed by atoms with Gasteiger partial charge in [0.2, 0.25) is 5.91 Å². The summed E-state index contributed by atoms with van der Waals surface area (Å²) < 4.78 is 2.30. The lowest BCUT2D eigenvalue weighted by atomic mass is 9.91. The van der Waals surface area contributed by atoms with Crippen LogP contribution < -0.4 is 15.5 Å². The Morgan fingerprint density at radius 3 is 2.75 bits per heavy atom. The van der Waals surface area contributed by atoms with Gasteiger partial charge in [0.05, 0.1) is 24.5 Å². The van der Waals surface area contributed by atoms with E-state index in [0.717, 1.165) is 43.3 Å². The van der Waals surface area contributed by atoms with Gasteiger partial charge in [-0.2, -0.15) is 0 Å². The van der Waals surface area contributed by atoms with E-state index in [1.165, 1.54) is 16.8 Å². The molecule has 3 aromatic rings. The van der Waals surface area contributed by atoms with E-state index in [0.29, 0.717) is 6.42 Å². The molecule has 1 aromatic heterocycles. The van der Waals surface area contributed by atoms with Crippen molar-refractivity contribution in [2.75, 3.05) is 16.8 Å². The average molecular weight is 452 g/mol. The molecule has 2 aliphatic rings. The molecule has 3 heterocycles. The molecular weight excluding hydrogens is 422 g/mol. The number of hydrogen-bond donors (Lipinski definition) is 2. The number of imidazole rings is 1. The number of nitrogens with one attached hydrogen (secondary N) is 2. The van der Waals surface area contributed by atoms with Gasteiger partial charge in [0.15, 0.2) is 0 Å². The highest BCUT2D eigenvalue weighted by Gasteiger charge is 2.32. The molecule has 2 atom stereocenters. The summed E-state index contributed by atoms with van der Waals surface area (Å²) in [5.74, 6) is 1.28. The molecule has 0 unspecified atom stereocenters. The third kappa shape index (κ3) is 4.00. The van der Waals surface area contributed by atoms with E-state index >= 15 is 0 Å². The smallest absolute Gasteiger partial charge is 0.226 e. The molecule has 0 saturated carbocycles. The van der Waals surface area contributed by atoms with Gasteiger partial charge in [-0.1, -0.05) is 37.3 Å². The van der Waals surface area contributed by atoms with Crippen molar-refractivity contribution >= 4 is 29.7 Å². The number of benzene rings is 2. The van der Waals surface area contributed by atoms with Crippen molar-refractivity contribution in [1.82, 2.24) is 14.9 Å². The van der Waals surface area contributed by atoms with Crippen LogP contribution in [-0.2, 0) is 17.9 Å². The predicted molar refractivity (Wildman–Crippen MR) is 131 cm³/mol. The van der Waals surface area contributed by atoms with E-state index in [1.807, 2.05) is 24.1 Å². The Balaban J connectivity index is 0.00000245. The number of anilines is 2. The molecule has 2 N–H and O–H groups in total. The maximum Gasteiger partial charge on any atom is 0.226 e. The molecule has 168 valence electrons. The largest absolute Gasteiger partial charge is 0.378 e. The van der Waals surface area contributed by atoms with Crippen LogP contribution in [0.5, 0.6) is 0 Å². The third-order valence-corrected chi connectivity index (χ3v) is 6.42. The van der Waals surface area contributed by atoms with Gasteiger partial charge in [-0.3, -0.25) is 4.79 Å². The standard InChI is InChI=1S/C25H29N5O.ClH/c1-3-25(31)30-17(2)14-21(20-6-4-5-7-22(20)30)28-19-10-8-18(9-11-19)23-15-27-24-16-26-12-13-29(23)24;/h4-11,15,17,21,26,28H,3,12-14,16H2,1-2H3;1H/t17-,21+;/m0./s1. The topological polar surface area (TPSA) is 62.2 Å². The van der Waals surface area contributed by atoms with Crippen LogP contribution in [0.15, 0.2) is 54.7 Å². The molecule has 32 heavy (non-hydrogen) atoms. The van der Waals surface area contributed by atoms with Crippen molar-refractivity contribution in [3.63, 3.8) is 0 Å². The molecular formula is C25H30ClN5O. The number of hydrogen-bond acceptors (Lipinski definition) is 4. The van der Waals surface area contributed by atoms with Gasteiger partial charge in [0, 0.05) is 36.9 Å². The molecule has 1 amide bonds. The van der Waals surface area contributed by atoms with Gasteiger partial charge in [-0.15, -0.1) is 12.4 Å². The summed E-state index contributed by atoms with van der Waals surface area (Å²) in [7, 11) is 0. The molecule has 0 bridgehead atoms. The molecule has 7 heteroatoms. The van der Waals surface area contributed by atoms with Crippen molar-refractivity contribution in [2.45, 2.75) is 51.9 Å². The fraction of sp³-hybridized carbons (Fsp3) is 0.360. The average Bonchev–Trinajstić information content (AvgIpc) is 3.23. The first-order chi connectivity index (χ1) is 15.2. The van der Waals surface area contributed by atoms with Crippen LogP contribution in [0.1, 0.15) is 44.1 Å². The van der Waals surface area contributed by atoms with E-state index in [2.05, 4.69) is 69.6 Å². The van der Waals surface area contributed by atoms with Crippen LogP contribution >= 0.6 is 12.4 Å². The molecule has 2 aliphatic heterocycles. The Kier molecular flexibility index (Phi) is 6.53. The van der Waals surface area contributed by atoms with Gasteiger partial charge in [0.25, 0.3) is 0 Å². The summed E-state index contributed by atoms with van der Waals surface area (Å²) >= 11 is 0. The second-order valence-electron chi connectivity index (χ2n) is 8.42. The highest BCUT2D eigenvalue weighted by molar-refractivity contribution is 5.95. The number of carbonyl (C=O) groups is 1. The minimum absolute atomic E-state index is 0. The Bertz CT molecular complexity index is 1090. The van der Waals surface area contributed by atoms with Gasteiger partial charge in [-0.05, 0) is 42.7 Å². The molecule has 5 rings (SSSR count). The van der Waals surface area contributed by atoms with Crippen molar-refractivity contribution in [1.29, 1.82) is 0 Å². The van der Waals surface area contributed by atoms with E-state index in [9.17, 15) is 4.79 Å². The van der Waals surface area contributed by atoms with E-state index in [1.54, 1.807) is 0 Å². The number of halogens is 1. The third-order valence-electron chi connectivity index (χ3n) is 6.42. The number of rotatable bonds is 4. The number of nitrogens with zero attached hydrogens (tertiary/aromatic N) is 3. The SMILES string of the molecule is CCC(=O)N1c2ccccc2[C@H](Nc2ccc(-c3cnc4n3CCNC4)cc2)C[C@@H]1C.Cl. The van der Waals surface area contributed by atoms with Crippen LogP contribution in [0.2, 0.25) is 0 Å². The quantitative estimate of drug-likeness (QED) is 0.600. The van der Waals surface area contributed by atoms with Gasteiger partial charge < -0.3 is 20.1 Å². The first-order valence-corrected chi connectivity index (χ1v) is 11.2. The zero-order valence-corrected chi connectivity index (χ0v) is 19.4. The van der Waals surface area contributed by atoms with E-state index in [-0.39, 0.29) is 30.4 Å². The van der Waals surface area contributed by atoms with Crippen molar-refractivity contribution < 1.29 is 4.79 Å². The minimum atomic E-state index is 0. The Morgan fingerprint density at radius 2 is 1.97 bits per heavy atom. The molecule has 6 nitrogen and oxygen atoms in total. The zero-order valence-electron chi connectivity index (χ0n) is 18.5. The second kappa shape index (κ2) is 9.35. The first-order valence-electron chi connectivity index (χ1n) is 11.2. The predicted octanol–water partition coefficient (Wildman–Crippen LogP) is 4.76. The molecule has 0 spiro atoms. The lowest BCUT2D eigenvalue weighted by Gasteiger charge is -2.40. The van der Waals surface area contributed by atoms with Gasteiger partial charge in [-0.25, -0.2) is 4.98 Å². The van der Waals surface area contributed by atoms with Crippen molar-refractivity contribution in [3.05, 3.63) is 66.1 Å². The normalized spacial score (nSPS) is 19.5. The van der Waals surface area contributed by atoms with Crippen LogP contribution in [0, 0.1) is 0 Å². The van der Waals surface area contributed by atoms with Crippen molar-refractivity contribution in [3.8, 4) is 11.3 Å². The number of fused-ring (bicyclic) bond motifs is 2. The Hall–Kier alpha value is -2.83.